The molecular weight excluding hydrogens is 276 g/mol. The van der Waals surface area contributed by atoms with Crippen LogP contribution in [0.2, 0.25) is 0 Å². The highest BCUT2D eigenvalue weighted by Gasteiger charge is 2.15. The zero-order valence-electron chi connectivity index (χ0n) is 12.2. The smallest absolute Gasteiger partial charge is 0.260 e. The Bertz CT molecular complexity index is 878. The summed E-state index contributed by atoms with van der Waals surface area (Å²) in [7, 11) is 0. The first-order valence-corrected chi connectivity index (χ1v) is 7.13. The van der Waals surface area contributed by atoms with E-state index in [0.717, 1.165) is 16.3 Å². The molecule has 3 rings (SSSR count). The van der Waals surface area contributed by atoms with Gasteiger partial charge in [-0.15, -0.1) is 0 Å². The van der Waals surface area contributed by atoms with Crippen molar-refractivity contribution in [2.24, 2.45) is 0 Å². The fourth-order valence-corrected chi connectivity index (χ4v) is 2.58. The van der Waals surface area contributed by atoms with E-state index in [1.54, 1.807) is 6.07 Å². The second-order valence-corrected chi connectivity index (χ2v) is 5.18. The predicted octanol–water partition coefficient (Wildman–Crippen LogP) is 3.02. The van der Waals surface area contributed by atoms with Gasteiger partial charge >= 0.3 is 0 Å². The summed E-state index contributed by atoms with van der Waals surface area (Å²) in [6.07, 6.45) is 1.51. The Labute approximate surface area is 127 Å². The zero-order valence-corrected chi connectivity index (χ0v) is 12.2. The van der Waals surface area contributed by atoms with Gasteiger partial charge in [-0.2, -0.15) is 0 Å². The fourth-order valence-electron chi connectivity index (χ4n) is 2.58. The summed E-state index contributed by atoms with van der Waals surface area (Å²) >= 11 is 0. The third-order valence-corrected chi connectivity index (χ3v) is 3.70. The van der Waals surface area contributed by atoms with Crippen molar-refractivity contribution in [3.05, 3.63) is 82.3 Å². The Kier molecular flexibility index (Phi) is 3.74. The molecule has 110 valence electrons. The lowest BCUT2D eigenvalue weighted by Gasteiger charge is -2.16. The van der Waals surface area contributed by atoms with Crippen LogP contribution in [0.25, 0.3) is 10.8 Å². The van der Waals surface area contributed by atoms with Gasteiger partial charge in [0.05, 0.1) is 6.04 Å². The van der Waals surface area contributed by atoms with E-state index in [1.807, 2.05) is 49.4 Å². The number of aromatic amines is 1. The van der Waals surface area contributed by atoms with Gasteiger partial charge in [0, 0.05) is 6.20 Å². The molecule has 1 heterocycles. The Morgan fingerprint density at radius 2 is 1.82 bits per heavy atom. The van der Waals surface area contributed by atoms with Crippen molar-refractivity contribution in [3.63, 3.8) is 0 Å². The van der Waals surface area contributed by atoms with Gasteiger partial charge in [0.25, 0.3) is 11.5 Å². The average molecular weight is 292 g/mol. The number of H-pyrrole nitrogens is 1. The predicted molar refractivity (Wildman–Crippen MR) is 86.9 cm³/mol. The first kappa shape index (κ1) is 14.1. The van der Waals surface area contributed by atoms with Crippen LogP contribution < -0.4 is 10.9 Å². The number of benzene rings is 2. The number of pyridine rings is 1. The van der Waals surface area contributed by atoms with E-state index in [-0.39, 0.29) is 23.1 Å². The highest BCUT2D eigenvalue weighted by Crippen LogP contribution is 2.24. The molecule has 2 aromatic carbocycles. The number of carbonyl (C=O) groups excluding carboxylic acids is 1. The zero-order chi connectivity index (χ0) is 15.5. The molecule has 4 nitrogen and oxygen atoms in total. The third-order valence-electron chi connectivity index (χ3n) is 3.70. The van der Waals surface area contributed by atoms with E-state index in [4.69, 9.17) is 0 Å². The number of aromatic nitrogens is 1. The van der Waals surface area contributed by atoms with E-state index in [2.05, 4.69) is 10.3 Å². The van der Waals surface area contributed by atoms with E-state index in [9.17, 15) is 9.59 Å². The Morgan fingerprint density at radius 3 is 2.64 bits per heavy atom. The van der Waals surface area contributed by atoms with Crippen molar-refractivity contribution < 1.29 is 4.79 Å². The molecule has 1 aromatic heterocycles. The molecule has 4 heteroatoms. The first-order valence-electron chi connectivity index (χ1n) is 7.13. The number of amides is 1. The highest BCUT2D eigenvalue weighted by atomic mass is 16.2. The molecule has 3 aromatic rings. The molecule has 0 unspecified atom stereocenters. The molecule has 0 bridgehead atoms. The van der Waals surface area contributed by atoms with Crippen LogP contribution >= 0.6 is 0 Å². The van der Waals surface area contributed by atoms with Gasteiger partial charge in [-0.1, -0.05) is 42.5 Å². The van der Waals surface area contributed by atoms with Crippen molar-refractivity contribution >= 4 is 16.7 Å². The summed E-state index contributed by atoms with van der Waals surface area (Å²) in [5.41, 5.74) is 0.763. The highest BCUT2D eigenvalue weighted by molar-refractivity contribution is 5.94. The van der Waals surface area contributed by atoms with Crippen LogP contribution in [0, 0.1) is 0 Å². The lowest BCUT2D eigenvalue weighted by Crippen LogP contribution is -2.31. The largest absolute Gasteiger partial charge is 0.345 e. The number of hydrogen-bond donors (Lipinski definition) is 2. The summed E-state index contributed by atoms with van der Waals surface area (Å²) < 4.78 is 0. The van der Waals surface area contributed by atoms with Gasteiger partial charge in [0.15, 0.2) is 0 Å². The normalized spacial score (nSPS) is 12.0. The monoisotopic (exact) mass is 292 g/mol. The Morgan fingerprint density at radius 1 is 1.05 bits per heavy atom. The van der Waals surface area contributed by atoms with Crippen LogP contribution in [-0.2, 0) is 0 Å². The number of hydrogen-bond acceptors (Lipinski definition) is 2. The van der Waals surface area contributed by atoms with Crippen molar-refractivity contribution in [2.45, 2.75) is 13.0 Å². The van der Waals surface area contributed by atoms with Gasteiger partial charge in [-0.25, -0.2) is 0 Å². The van der Waals surface area contributed by atoms with Gasteiger partial charge < -0.3 is 10.3 Å². The molecule has 0 aliphatic carbocycles. The quantitative estimate of drug-likeness (QED) is 0.779. The molecule has 0 saturated carbocycles. The lowest BCUT2D eigenvalue weighted by atomic mass is 9.99. The topological polar surface area (TPSA) is 62.0 Å². The second-order valence-electron chi connectivity index (χ2n) is 5.18. The Hall–Kier alpha value is -2.88. The molecule has 0 saturated heterocycles. The van der Waals surface area contributed by atoms with E-state index in [1.165, 1.54) is 12.3 Å². The minimum atomic E-state index is -0.384. The number of carbonyl (C=O) groups is 1. The summed E-state index contributed by atoms with van der Waals surface area (Å²) in [4.78, 5) is 26.4. The molecule has 2 N–H and O–H groups in total. The third kappa shape index (κ3) is 2.63. The van der Waals surface area contributed by atoms with Gasteiger partial charge in [0.2, 0.25) is 0 Å². The van der Waals surface area contributed by atoms with Crippen molar-refractivity contribution in [1.29, 1.82) is 0 Å². The minimum absolute atomic E-state index is 0.120. The number of nitrogens with one attached hydrogen (secondary N) is 2. The molecule has 1 atom stereocenters. The maximum Gasteiger partial charge on any atom is 0.260 e. The van der Waals surface area contributed by atoms with E-state index >= 15 is 0 Å². The van der Waals surface area contributed by atoms with Crippen LogP contribution in [0.3, 0.4) is 0 Å². The standard InChI is InChI=1S/C18H16N2O2/c1-12(20-18(22)16-10-5-11-19-17(16)21)14-9-4-7-13-6-2-3-8-15(13)14/h2-12H,1H3,(H,19,21)(H,20,22)/t12-/m0/s1. The van der Waals surface area contributed by atoms with Crippen LogP contribution in [-0.4, -0.2) is 10.9 Å². The van der Waals surface area contributed by atoms with Crippen LogP contribution in [0.4, 0.5) is 0 Å². The van der Waals surface area contributed by atoms with Gasteiger partial charge in [-0.3, -0.25) is 9.59 Å². The summed E-state index contributed by atoms with van der Waals surface area (Å²) in [5.74, 6) is -0.373. The number of fused-ring (bicyclic) bond motifs is 1. The lowest BCUT2D eigenvalue weighted by molar-refractivity contribution is 0.0938. The maximum absolute atomic E-state index is 12.3. The molecule has 0 aliphatic rings. The van der Waals surface area contributed by atoms with Crippen molar-refractivity contribution in [1.82, 2.24) is 10.3 Å². The molecular formula is C18H16N2O2. The van der Waals surface area contributed by atoms with Gasteiger partial charge in [-0.05, 0) is 35.4 Å². The van der Waals surface area contributed by atoms with Crippen LogP contribution in [0.1, 0.15) is 28.9 Å². The summed E-state index contributed by atoms with van der Waals surface area (Å²) in [6.45, 7) is 1.91. The Balaban J connectivity index is 1.91. The summed E-state index contributed by atoms with van der Waals surface area (Å²) in [5, 5.41) is 5.11. The average Bonchev–Trinajstić information content (AvgIpc) is 2.54. The molecule has 0 spiro atoms. The molecule has 1 amide bonds. The van der Waals surface area contributed by atoms with E-state index < -0.39 is 0 Å². The van der Waals surface area contributed by atoms with Crippen LogP contribution in [0.5, 0.6) is 0 Å². The molecule has 0 radical (unpaired) electrons. The first-order chi connectivity index (χ1) is 10.7. The van der Waals surface area contributed by atoms with Crippen molar-refractivity contribution in [2.75, 3.05) is 0 Å². The minimum Gasteiger partial charge on any atom is -0.345 e. The van der Waals surface area contributed by atoms with E-state index in [0.29, 0.717) is 0 Å². The SMILES string of the molecule is C[C@H](NC(=O)c1ccc[nH]c1=O)c1cccc2ccccc12. The molecule has 22 heavy (non-hydrogen) atoms. The maximum atomic E-state index is 12.3. The van der Waals surface area contributed by atoms with Crippen molar-refractivity contribution in [3.8, 4) is 0 Å². The van der Waals surface area contributed by atoms with Crippen LogP contribution in [0.15, 0.2) is 65.6 Å². The van der Waals surface area contributed by atoms with Gasteiger partial charge in [0.1, 0.15) is 5.56 Å². The molecule has 0 aliphatic heterocycles. The fraction of sp³-hybridized carbons (Fsp3) is 0.111. The molecule has 0 fully saturated rings. The number of rotatable bonds is 3. The second kappa shape index (κ2) is 5.85. The summed E-state index contributed by atoms with van der Waals surface area (Å²) in [6, 6.07) is 17.0.